The SMILES string of the molecule is Cc1ccc(N2C(=O)N3CCc4c([nH]c5ccccc45)[C@]3(C)C2=O)cc1. The molecule has 2 aromatic carbocycles. The summed E-state index contributed by atoms with van der Waals surface area (Å²) < 4.78 is 0. The third kappa shape index (κ3) is 1.75. The van der Waals surface area contributed by atoms with Gasteiger partial charge in [0.2, 0.25) is 0 Å². The van der Waals surface area contributed by atoms with Gasteiger partial charge in [0.05, 0.1) is 11.4 Å². The molecular formula is C21H19N3O2. The number of nitrogens with zero attached hydrogens (tertiary/aromatic N) is 2. The first-order valence-electron chi connectivity index (χ1n) is 8.84. The molecule has 1 saturated heterocycles. The van der Waals surface area contributed by atoms with Crippen LogP contribution >= 0.6 is 0 Å². The number of hydrogen-bond acceptors (Lipinski definition) is 2. The molecule has 1 aromatic heterocycles. The molecule has 1 atom stereocenters. The second-order valence-corrected chi connectivity index (χ2v) is 7.26. The lowest BCUT2D eigenvalue weighted by Gasteiger charge is -2.35. The summed E-state index contributed by atoms with van der Waals surface area (Å²) in [6.45, 7) is 4.38. The van der Waals surface area contributed by atoms with Crippen molar-refractivity contribution in [2.45, 2.75) is 25.8 Å². The van der Waals surface area contributed by atoms with Gasteiger partial charge in [0.1, 0.15) is 0 Å². The number of aromatic nitrogens is 1. The summed E-state index contributed by atoms with van der Waals surface area (Å²) in [5, 5.41) is 1.14. The number of hydrogen-bond donors (Lipinski definition) is 1. The molecule has 130 valence electrons. The molecule has 2 aliphatic rings. The maximum absolute atomic E-state index is 13.4. The number of aromatic amines is 1. The van der Waals surface area contributed by atoms with Gasteiger partial charge in [-0.25, -0.2) is 9.69 Å². The van der Waals surface area contributed by atoms with Crippen LogP contribution in [-0.4, -0.2) is 28.4 Å². The van der Waals surface area contributed by atoms with Crippen LogP contribution in [0.1, 0.15) is 23.7 Å². The molecule has 1 N–H and O–H groups in total. The van der Waals surface area contributed by atoms with E-state index in [2.05, 4.69) is 11.1 Å². The average Bonchev–Trinajstić information content (AvgIpc) is 3.11. The number of benzene rings is 2. The Morgan fingerprint density at radius 1 is 1.04 bits per heavy atom. The van der Waals surface area contributed by atoms with E-state index in [1.165, 1.54) is 4.90 Å². The third-order valence-electron chi connectivity index (χ3n) is 5.76. The second-order valence-electron chi connectivity index (χ2n) is 7.26. The second kappa shape index (κ2) is 4.97. The first kappa shape index (κ1) is 15.2. The number of H-pyrrole nitrogens is 1. The lowest BCUT2D eigenvalue weighted by Crippen LogP contribution is -2.49. The van der Waals surface area contributed by atoms with Crippen LogP contribution in [0.2, 0.25) is 0 Å². The van der Waals surface area contributed by atoms with E-state index in [1.807, 2.05) is 56.3 Å². The molecule has 1 fully saturated rings. The molecule has 5 heteroatoms. The number of nitrogens with one attached hydrogen (secondary N) is 1. The molecule has 0 bridgehead atoms. The van der Waals surface area contributed by atoms with Crippen LogP contribution in [0.4, 0.5) is 10.5 Å². The van der Waals surface area contributed by atoms with Crippen molar-refractivity contribution in [3.8, 4) is 0 Å². The number of aryl methyl sites for hydroxylation is 1. The molecule has 0 spiro atoms. The number of carbonyl (C=O) groups is 2. The number of para-hydroxylation sites is 1. The van der Waals surface area contributed by atoms with Crippen molar-refractivity contribution >= 4 is 28.5 Å². The van der Waals surface area contributed by atoms with Gasteiger partial charge in [0.25, 0.3) is 5.91 Å². The number of carbonyl (C=O) groups excluding carboxylic acids is 2. The smallest absolute Gasteiger partial charge is 0.332 e. The molecule has 26 heavy (non-hydrogen) atoms. The first-order valence-corrected chi connectivity index (χ1v) is 8.84. The zero-order valence-corrected chi connectivity index (χ0v) is 14.7. The van der Waals surface area contributed by atoms with Crippen molar-refractivity contribution in [3.63, 3.8) is 0 Å². The lowest BCUT2D eigenvalue weighted by atomic mass is 9.87. The number of fused-ring (bicyclic) bond motifs is 5. The molecule has 5 rings (SSSR count). The van der Waals surface area contributed by atoms with Gasteiger partial charge in [-0.1, -0.05) is 35.9 Å². The average molecular weight is 345 g/mol. The van der Waals surface area contributed by atoms with E-state index in [-0.39, 0.29) is 11.9 Å². The predicted molar refractivity (Wildman–Crippen MR) is 100 cm³/mol. The predicted octanol–water partition coefficient (Wildman–Crippen LogP) is 3.72. The molecule has 3 amide bonds. The van der Waals surface area contributed by atoms with Gasteiger partial charge in [-0.2, -0.15) is 0 Å². The van der Waals surface area contributed by atoms with Crippen molar-refractivity contribution in [1.82, 2.24) is 9.88 Å². The summed E-state index contributed by atoms with van der Waals surface area (Å²) in [6.07, 6.45) is 0.746. The quantitative estimate of drug-likeness (QED) is 0.684. The highest BCUT2D eigenvalue weighted by Gasteiger charge is 2.58. The van der Waals surface area contributed by atoms with Crippen molar-refractivity contribution in [3.05, 3.63) is 65.4 Å². The Morgan fingerprint density at radius 3 is 2.54 bits per heavy atom. The number of amides is 3. The zero-order valence-electron chi connectivity index (χ0n) is 14.7. The fourth-order valence-corrected chi connectivity index (χ4v) is 4.31. The van der Waals surface area contributed by atoms with Crippen LogP contribution < -0.4 is 4.90 Å². The third-order valence-corrected chi connectivity index (χ3v) is 5.76. The fraction of sp³-hybridized carbons (Fsp3) is 0.238. The van der Waals surface area contributed by atoms with E-state index in [4.69, 9.17) is 0 Å². The summed E-state index contributed by atoms with van der Waals surface area (Å²) in [4.78, 5) is 33.0. The molecule has 2 aliphatic heterocycles. The number of rotatable bonds is 1. The monoisotopic (exact) mass is 345 g/mol. The largest absolute Gasteiger partial charge is 0.356 e. The van der Waals surface area contributed by atoms with E-state index < -0.39 is 5.54 Å². The Kier molecular flexibility index (Phi) is 2.91. The Balaban J connectivity index is 1.69. The van der Waals surface area contributed by atoms with Gasteiger partial charge in [0.15, 0.2) is 5.54 Å². The molecule has 3 aromatic rings. The Labute approximate surface area is 151 Å². The Hall–Kier alpha value is -3.08. The highest BCUT2D eigenvalue weighted by molar-refractivity contribution is 6.23. The van der Waals surface area contributed by atoms with Gasteiger partial charge in [-0.3, -0.25) is 4.79 Å². The Bertz CT molecular complexity index is 1070. The van der Waals surface area contributed by atoms with E-state index in [0.29, 0.717) is 12.2 Å². The first-order chi connectivity index (χ1) is 12.5. The van der Waals surface area contributed by atoms with Crippen LogP contribution in [0.25, 0.3) is 10.9 Å². The summed E-state index contributed by atoms with van der Waals surface area (Å²) in [5.74, 6) is -0.196. The molecule has 0 unspecified atom stereocenters. The van der Waals surface area contributed by atoms with Gasteiger partial charge in [0, 0.05) is 17.4 Å². The van der Waals surface area contributed by atoms with Gasteiger partial charge in [-0.05, 0) is 44.0 Å². The molecule has 0 radical (unpaired) electrons. The molecule has 0 saturated carbocycles. The minimum absolute atomic E-state index is 0.196. The highest BCUT2D eigenvalue weighted by atomic mass is 16.2. The summed E-state index contributed by atoms with van der Waals surface area (Å²) in [5.41, 5.74) is 3.72. The van der Waals surface area contributed by atoms with Crippen LogP contribution in [0.5, 0.6) is 0 Å². The van der Waals surface area contributed by atoms with Crippen molar-refractivity contribution in [1.29, 1.82) is 0 Å². The van der Waals surface area contributed by atoms with E-state index in [9.17, 15) is 9.59 Å². The zero-order chi connectivity index (χ0) is 18.1. The van der Waals surface area contributed by atoms with Crippen LogP contribution in [0, 0.1) is 6.92 Å². The number of imide groups is 1. The summed E-state index contributed by atoms with van der Waals surface area (Å²) in [7, 11) is 0. The van der Waals surface area contributed by atoms with Gasteiger partial charge < -0.3 is 9.88 Å². The maximum atomic E-state index is 13.4. The van der Waals surface area contributed by atoms with E-state index >= 15 is 0 Å². The van der Waals surface area contributed by atoms with Crippen LogP contribution in [0.3, 0.4) is 0 Å². The minimum atomic E-state index is -0.991. The van der Waals surface area contributed by atoms with Gasteiger partial charge in [-0.15, -0.1) is 0 Å². The summed E-state index contributed by atoms with van der Waals surface area (Å²) >= 11 is 0. The maximum Gasteiger partial charge on any atom is 0.332 e. The molecule has 0 aliphatic carbocycles. The number of urea groups is 1. The van der Waals surface area contributed by atoms with Crippen molar-refractivity contribution in [2.75, 3.05) is 11.4 Å². The van der Waals surface area contributed by atoms with Gasteiger partial charge >= 0.3 is 6.03 Å². The van der Waals surface area contributed by atoms with Crippen LogP contribution in [-0.2, 0) is 16.8 Å². The number of anilines is 1. The normalized spacial score (nSPS) is 22.1. The van der Waals surface area contributed by atoms with Crippen LogP contribution in [0.15, 0.2) is 48.5 Å². The van der Waals surface area contributed by atoms with E-state index in [1.54, 1.807) is 4.90 Å². The lowest BCUT2D eigenvalue weighted by molar-refractivity contribution is -0.125. The van der Waals surface area contributed by atoms with Crippen molar-refractivity contribution in [2.24, 2.45) is 0 Å². The summed E-state index contributed by atoms with van der Waals surface area (Å²) in [6, 6.07) is 15.3. The fourth-order valence-electron chi connectivity index (χ4n) is 4.31. The minimum Gasteiger partial charge on any atom is -0.356 e. The highest BCUT2D eigenvalue weighted by Crippen LogP contribution is 2.45. The molecule has 5 nitrogen and oxygen atoms in total. The van der Waals surface area contributed by atoms with Crippen molar-refractivity contribution < 1.29 is 9.59 Å². The Morgan fingerprint density at radius 2 is 1.77 bits per heavy atom. The molecule has 3 heterocycles. The molecular weight excluding hydrogens is 326 g/mol. The van der Waals surface area contributed by atoms with E-state index in [0.717, 1.165) is 34.1 Å². The topological polar surface area (TPSA) is 56.4 Å². The standard InChI is InChI=1S/C21H19N3O2/c1-13-7-9-14(10-8-13)24-19(25)21(2)18-16(11-12-23(21)20(24)26)15-5-3-4-6-17(15)22-18/h3-10,22H,11-12H2,1-2H3/t21-/m1/s1.